The molecule has 0 N–H and O–H groups in total. The van der Waals surface area contributed by atoms with Crippen molar-refractivity contribution >= 4 is 11.6 Å². The van der Waals surface area contributed by atoms with Gasteiger partial charge in [-0.3, -0.25) is 9.59 Å². The van der Waals surface area contributed by atoms with E-state index in [0.29, 0.717) is 11.1 Å². The SMILES string of the molecule is CCCCCCCCN(C)C.O=C(C(=O)c1ccccc1)c1ccccc1. The van der Waals surface area contributed by atoms with Crippen molar-refractivity contribution in [2.24, 2.45) is 0 Å². The van der Waals surface area contributed by atoms with E-state index in [-0.39, 0.29) is 0 Å². The lowest BCUT2D eigenvalue weighted by molar-refractivity contribution is 0.0817. The number of unbranched alkanes of at least 4 members (excludes halogenated alkanes) is 5. The Balaban J connectivity index is 0.000000293. The maximum atomic E-state index is 11.8. The smallest absolute Gasteiger partial charge is 0.233 e. The van der Waals surface area contributed by atoms with E-state index < -0.39 is 11.6 Å². The molecule has 2 rings (SSSR count). The van der Waals surface area contributed by atoms with Gasteiger partial charge in [0.2, 0.25) is 11.6 Å². The lowest BCUT2D eigenvalue weighted by Gasteiger charge is -2.08. The van der Waals surface area contributed by atoms with Gasteiger partial charge in [0.15, 0.2) is 0 Å². The fraction of sp³-hybridized carbons (Fsp3) is 0.417. The van der Waals surface area contributed by atoms with E-state index in [1.807, 2.05) is 12.1 Å². The van der Waals surface area contributed by atoms with Crippen LogP contribution in [-0.4, -0.2) is 37.1 Å². The lowest BCUT2D eigenvalue weighted by Crippen LogP contribution is -2.14. The van der Waals surface area contributed by atoms with E-state index in [9.17, 15) is 9.59 Å². The van der Waals surface area contributed by atoms with Crippen LogP contribution in [0.1, 0.15) is 66.2 Å². The molecule has 0 aliphatic heterocycles. The van der Waals surface area contributed by atoms with E-state index in [1.165, 1.54) is 45.1 Å². The van der Waals surface area contributed by atoms with Crippen molar-refractivity contribution in [2.75, 3.05) is 20.6 Å². The Kier molecular flexibility index (Phi) is 11.7. The summed E-state index contributed by atoms with van der Waals surface area (Å²) in [5.41, 5.74) is 0.854. The Morgan fingerprint density at radius 2 is 1.07 bits per heavy atom. The van der Waals surface area contributed by atoms with Crippen LogP contribution < -0.4 is 0 Å². The normalized spacial score (nSPS) is 10.2. The lowest BCUT2D eigenvalue weighted by atomic mass is 10.0. The fourth-order valence-electron chi connectivity index (χ4n) is 2.65. The van der Waals surface area contributed by atoms with Crippen molar-refractivity contribution in [3.8, 4) is 0 Å². The molecule has 0 radical (unpaired) electrons. The summed E-state index contributed by atoms with van der Waals surface area (Å²) in [5.74, 6) is -0.932. The van der Waals surface area contributed by atoms with Crippen LogP contribution in [-0.2, 0) is 0 Å². The molecule has 2 aromatic rings. The first kappa shape index (κ1) is 22.8. The van der Waals surface area contributed by atoms with Crippen LogP contribution in [0.15, 0.2) is 60.7 Å². The summed E-state index contributed by atoms with van der Waals surface area (Å²) < 4.78 is 0. The third kappa shape index (κ3) is 9.86. The third-order valence-electron chi connectivity index (χ3n) is 4.24. The van der Waals surface area contributed by atoms with Crippen molar-refractivity contribution < 1.29 is 9.59 Å². The molecule has 3 nitrogen and oxygen atoms in total. The Bertz CT molecular complexity index is 601. The van der Waals surface area contributed by atoms with Crippen LogP contribution in [0.5, 0.6) is 0 Å². The summed E-state index contributed by atoms with van der Waals surface area (Å²) in [5, 5.41) is 0. The zero-order chi connectivity index (χ0) is 19.9. The molecule has 146 valence electrons. The van der Waals surface area contributed by atoms with Crippen molar-refractivity contribution in [3.05, 3.63) is 71.8 Å². The third-order valence-corrected chi connectivity index (χ3v) is 4.24. The highest BCUT2D eigenvalue weighted by molar-refractivity contribution is 6.49. The van der Waals surface area contributed by atoms with Gasteiger partial charge in [-0.05, 0) is 27.1 Å². The monoisotopic (exact) mass is 367 g/mol. The summed E-state index contributed by atoms with van der Waals surface area (Å²) in [4.78, 5) is 25.9. The predicted molar refractivity (Wildman–Crippen MR) is 113 cm³/mol. The number of nitrogens with zero attached hydrogens (tertiary/aromatic N) is 1. The second-order valence-electron chi connectivity index (χ2n) is 6.96. The van der Waals surface area contributed by atoms with Crippen LogP contribution in [0.2, 0.25) is 0 Å². The van der Waals surface area contributed by atoms with E-state index >= 15 is 0 Å². The van der Waals surface area contributed by atoms with Crippen LogP contribution in [0.4, 0.5) is 0 Å². The Hall–Kier alpha value is -2.26. The van der Waals surface area contributed by atoms with Gasteiger partial charge in [-0.2, -0.15) is 0 Å². The Labute approximate surface area is 164 Å². The molecule has 0 saturated heterocycles. The molecule has 0 fully saturated rings. The highest BCUT2D eigenvalue weighted by atomic mass is 16.2. The summed E-state index contributed by atoms with van der Waals surface area (Å²) in [6.07, 6.45) is 8.43. The zero-order valence-electron chi connectivity index (χ0n) is 17.0. The Morgan fingerprint density at radius 1 is 0.667 bits per heavy atom. The molecule has 0 aliphatic carbocycles. The number of ketones is 2. The standard InChI is InChI=1S/C14H10O2.C10H23N/c15-13(11-7-3-1-4-8-11)14(16)12-9-5-2-6-10-12;1-4-5-6-7-8-9-10-11(2)3/h1-10H;4-10H2,1-3H3. The molecule has 0 aromatic heterocycles. The molecule has 0 heterocycles. The molecule has 27 heavy (non-hydrogen) atoms. The molecule has 0 aliphatic rings. The van der Waals surface area contributed by atoms with Gasteiger partial charge in [-0.15, -0.1) is 0 Å². The van der Waals surface area contributed by atoms with Crippen molar-refractivity contribution in [2.45, 2.75) is 45.4 Å². The largest absolute Gasteiger partial charge is 0.309 e. The minimum Gasteiger partial charge on any atom is -0.309 e. The van der Waals surface area contributed by atoms with Crippen molar-refractivity contribution in [1.82, 2.24) is 4.90 Å². The van der Waals surface area contributed by atoms with Gasteiger partial charge < -0.3 is 4.90 Å². The van der Waals surface area contributed by atoms with Crippen molar-refractivity contribution in [3.63, 3.8) is 0 Å². The molecular formula is C24H33NO2. The van der Waals surface area contributed by atoms with Gasteiger partial charge in [0.05, 0.1) is 0 Å². The first-order valence-corrected chi connectivity index (χ1v) is 9.90. The minimum absolute atomic E-state index is 0.427. The first-order valence-electron chi connectivity index (χ1n) is 9.90. The first-order chi connectivity index (χ1) is 13.1. The topological polar surface area (TPSA) is 37.4 Å². The van der Waals surface area contributed by atoms with Crippen LogP contribution in [0.3, 0.4) is 0 Å². The van der Waals surface area contributed by atoms with Crippen LogP contribution in [0.25, 0.3) is 0 Å². The average Bonchev–Trinajstić information content (AvgIpc) is 2.71. The van der Waals surface area contributed by atoms with Crippen LogP contribution >= 0.6 is 0 Å². The molecule has 0 unspecified atom stereocenters. The van der Waals surface area contributed by atoms with Crippen LogP contribution in [0, 0.1) is 0 Å². The van der Waals surface area contributed by atoms with Gasteiger partial charge in [0.1, 0.15) is 0 Å². The number of rotatable bonds is 10. The van der Waals surface area contributed by atoms with Gasteiger partial charge >= 0.3 is 0 Å². The summed E-state index contributed by atoms with van der Waals surface area (Å²) >= 11 is 0. The highest BCUT2D eigenvalue weighted by Crippen LogP contribution is 2.07. The number of hydrogen-bond donors (Lipinski definition) is 0. The van der Waals surface area contributed by atoms with E-state index in [0.717, 1.165) is 0 Å². The Morgan fingerprint density at radius 3 is 1.48 bits per heavy atom. The zero-order valence-corrected chi connectivity index (χ0v) is 17.0. The molecule has 3 heteroatoms. The number of carbonyl (C=O) groups excluding carboxylic acids is 2. The molecule has 0 bridgehead atoms. The van der Waals surface area contributed by atoms with Gasteiger partial charge in [0.25, 0.3) is 0 Å². The average molecular weight is 368 g/mol. The number of hydrogen-bond acceptors (Lipinski definition) is 3. The van der Waals surface area contributed by atoms with E-state index in [1.54, 1.807) is 48.5 Å². The molecule has 2 aromatic carbocycles. The second kappa shape index (κ2) is 13.9. The minimum atomic E-state index is -0.466. The maximum absolute atomic E-state index is 11.8. The molecule has 0 spiro atoms. The summed E-state index contributed by atoms with van der Waals surface area (Å²) in [6.45, 7) is 3.52. The molecule has 0 atom stereocenters. The van der Waals surface area contributed by atoms with Gasteiger partial charge in [-0.25, -0.2) is 0 Å². The quantitative estimate of drug-likeness (QED) is 0.309. The number of carbonyl (C=O) groups is 2. The van der Waals surface area contributed by atoms with Gasteiger partial charge in [0, 0.05) is 11.1 Å². The van der Waals surface area contributed by atoms with Gasteiger partial charge in [-0.1, -0.05) is 99.7 Å². The molecule has 0 amide bonds. The van der Waals surface area contributed by atoms with Crippen molar-refractivity contribution in [1.29, 1.82) is 0 Å². The maximum Gasteiger partial charge on any atom is 0.233 e. The second-order valence-corrected chi connectivity index (χ2v) is 6.96. The number of benzene rings is 2. The number of Topliss-reactive ketones (excluding diaryl/α,β-unsaturated/α-hetero) is 2. The van der Waals surface area contributed by atoms with E-state index in [2.05, 4.69) is 25.9 Å². The highest BCUT2D eigenvalue weighted by Gasteiger charge is 2.17. The summed E-state index contributed by atoms with van der Waals surface area (Å²) in [6, 6.07) is 17.2. The molecular weight excluding hydrogens is 334 g/mol. The fourth-order valence-corrected chi connectivity index (χ4v) is 2.65. The van der Waals surface area contributed by atoms with E-state index in [4.69, 9.17) is 0 Å². The predicted octanol–water partition coefficient (Wildman–Crippen LogP) is 5.66. The molecule has 0 saturated carbocycles. The summed E-state index contributed by atoms with van der Waals surface area (Å²) in [7, 11) is 4.29.